The van der Waals surface area contributed by atoms with Gasteiger partial charge in [0, 0.05) is 0 Å². The van der Waals surface area contributed by atoms with Crippen molar-refractivity contribution in [2.75, 3.05) is 6.61 Å². The van der Waals surface area contributed by atoms with E-state index < -0.39 is 0 Å². The summed E-state index contributed by atoms with van der Waals surface area (Å²) in [5, 5.41) is 9.10. The molecule has 2 atom stereocenters. The van der Waals surface area contributed by atoms with Crippen molar-refractivity contribution in [3.8, 4) is 17.6 Å². The summed E-state index contributed by atoms with van der Waals surface area (Å²) in [6, 6.07) is 9.99. The van der Waals surface area contributed by atoms with E-state index in [1.54, 1.807) is 0 Å². The molecule has 0 amide bonds. The summed E-state index contributed by atoms with van der Waals surface area (Å²) in [6.45, 7) is 2.63. The standard InChI is InChI=1S/C15H19NO2/c1-2-17-13-7-9-14(10-8-13)18-15-6-4-3-5-12(15)11-16/h7-10,12,15H,2-6H2,1H3. The number of ether oxygens (including phenoxy) is 2. The average Bonchev–Trinajstić information content (AvgIpc) is 2.42. The van der Waals surface area contributed by atoms with E-state index in [-0.39, 0.29) is 12.0 Å². The number of nitrogens with zero attached hydrogens (tertiary/aromatic N) is 1. The summed E-state index contributed by atoms with van der Waals surface area (Å²) in [6.07, 6.45) is 4.27. The molecule has 18 heavy (non-hydrogen) atoms. The molecule has 0 saturated heterocycles. The molecule has 1 aliphatic rings. The summed E-state index contributed by atoms with van der Waals surface area (Å²) >= 11 is 0. The summed E-state index contributed by atoms with van der Waals surface area (Å²) in [5.41, 5.74) is 0. The highest BCUT2D eigenvalue weighted by atomic mass is 16.5. The molecule has 2 unspecified atom stereocenters. The molecule has 96 valence electrons. The average molecular weight is 245 g/mol. The Hall–Kier alpha value is -1.69. The molecular formula is C15H19NO2. The van der Waals surface area contributed by atoms with Gasteiger partial charge in [-0.25, -0.2) is 0 Å². The molecule has 0 N–H and O–H groups in total. The smallest absolute Gasteiger partial charge is 0.120 e. The van der Waals surface area contributed by atoms with E-state index in [9.17, 15) is 0 Å². The van der Waals surface area contributed by atoms with E-state index in [1.165, 1.54) is 0 Å². The molecule has 1 saturated carbocycles. The van der Waals surface area contributed by atoms with E-state index in [2.05, 4.69) is 6.07 Å². The third kappa shape index (κ3) is 3.16. The van der Waals surface area contributed by atoms with Crippen molar-refractivity contribution in [2.24, 2.45) is 5.92 Å². The first-order chi connectivity index (χ1) is 8.83. The highest BCUT2D eigenvalue weighted by Crippen LogP contribution is 2.28. The van der Waals surface area contributed by atoms with Crippen LogP contribution >= 0.6 is 0 Å². The normalized spacial score (nSPS) is 23.1. The highest BCUT2D eigenvalue weighted by molar-refractivity contribution is 5.31. The van der Waals surface area contributed by atoms with Gasteiger partial charge in [-0.1, -0.05) is 6.42 Å². The van der Waals surface area contributed by atoms with E-state index in [1.807, 2.05) is 31.2 Å². The van der Waals surface area contributed by atoms with Gasteiger partial charge in [-0.2, -0.15) is 5.26 Å². The molecule has 3 nitrogen and oxygen atoms in total. The molecule has 0 bridgehead atoms. The van der Waals surface area contributed by atoms with Crippen LogP contribution in [0.25, 0.3) is 0 Å². The lowest BCUT2D eigenvalue weighted by atomic mass is 9.87. The van der Waals surface area contributed by atoms with Gasteiger partial charge in [0.25, 0.3) is 0 Å². The van der Waals surface area contributed by atoms with Gasteiger partial charge < -0.3 is 9.47 Å². The zero-order valence-corrected chi connectivity index (χ0v) is 10.8. The topological polar surface area (TPSA) is 42.2 Å². The fraction of sp³-hybridized carbons (Fsp3) is 0.533. The lowest BCUT2D eigenvalue weighted by Crippen LogP contribution is -2.29. The summed E-state index contributed by atoms with van der Waals surface area (Å²) in [7, 11) is 0. The zero-order chi connectivity index (χ0) is 12.8. The highest BCUT2D eigenvalue weighted by Gasteiger charge is 2.26. The second kappa shape index (κ2) is 6.30. The summed E-state index contributed by atoms with van der Waals surface area (Å²) in [4.78, 5) is 0. The van der Waals surface area contributed by atoms with Gasteiger partial charge in [0.05, 0.1) is 18.6 Å². The van der Waals surface area contributed by atoms with Crippen LogP contribution in [0.2, 0.25) is 0 Å². The Morgan fingerprint density at radius 3 is 2.50 bits per heavy atom. The maximum Gasteiger partial charge on any atom is 0.120 e. The van der Waals surface area contributed by atoms with Crippen LogP contribution < -0.4 is 9.47 Å². The number of hydrogen-bond acceptors (Lipinski definition) is 3. The largest absolute Gasteiger partial charge is 0.494 e. The minimum atomic E-state index is 0.0327. The molecule has 0 aromatic heterocycles. The van der Waals surface area contributed by atoms with Crippen LogP contribution in [-0.4, -0.2) is 12.7 Å². The third-order valence-electron chi connectivity index (χ3n) is 3.29. The van der Waals surface area contributed by atoms with Crippen molar-refractivity contribution in [1.82, 2.24) is 0 Å². The van der Waals surface area contributed by atoms with Crippen LogP contribution in [0.5, 0.6) is 11.5 Å². The Kier molecular flexibility index (Phi) is 4.46. The van der Waals surface area contributed by atoms with Gasteiger partial charge in [-0.05, 0) is 50.5 Å². The maximum absolute atomic E-state index is 9.10. The molecule has 0 spiro atoms. The zero-order valence-electron chi connectivity index (χ0n) is 10.8. The first kappa shape index (κ1) is 12.8. The van der Waals surface area contributed by atoms with Crippen LogP contribution in [0.3, 0.4) is 0 Å². The van der Waals surface area contributed by atoms with Crippen molar-refractivity contribution in [2.45, 2.75) is 38.7 Å². The van der Waals surface area contributed by atoms with Gasteiger partial charge in [0.15, 0.2) is 0 Å². The lowest BCUT2D eigenvalue weighted by Gasteiger charge is -2.27. The molecule has 0 radical (unpaired) electrons. The van der Waals surface area contributed by atoms with E-state index in [4.69, 9.17) is 14.7 Å². The van der Waals surface area contributed by atoms with Gasteiger partial charge >= 0.3 is 0 Å². The quantitative estimate of drug-likeness (QED) is 0.814. The Balaban J connectivity index is 1.97. The summed E-state index contributed by atoms with van der Waals surface area (Å²) < 4.78 is 11.3. The van der Waals surface area contributed by atoms with Crippen LogP contribution in [0.1, 0.15) is 32.6 Å². The third-order valence-corrected chi connectivity index (χ3v) is 3.29. The van der Waals surface area contributed by atoms with Crippen LogP contribution in [-0.2, 0) is 0 Å². The predicted octanol–water partition coefficient (Wildman–Crippen LogP) is 3.55. The van der Waals surface area contributed by atoms with Crippen molar-refractivity contribution in [3.63, 3.8) is 0 Å². The van der Waals surface area contributed by atoms with Crippen molar-refractivity contribution in [3.05, 3.63) is 24.3 Å². The van der Waals surface area contributed by atoms with E-state index in [0.29, 0.717) is 6.61 Å². The molecular weight excluding hydrogens is 226 g/mol. The second-order valence-electron chi connectivity index (χ2n) is 4.58. The number of rotatable bonds is 4. The molecule has 1 aliphatic carbocycles. The van der Waals surface area contributed by atoms with Crippen molar-refractivity contribution < 1.29 is 9.47 Å². The lowest BCUT2D eigenvalue weighted by molar-refractivity contribution is 0.120. The Morgan fingerprint density at radius 1 is 1.17 bits per heavy atom. The Morgan fingerprint density at radius 2 is 1.83 bits per heavy atom. The molecule has 2 rings (SSSR count). The molecule has 1 aromatic rings. The second-order valence-corrected chi connectivity index (χ2v) is 4.58. The first-order valence-corrected chi connectivity index (χ1v) is 6.62. The Labute approximate surface area is 108 Å². The van der Waals surface area contributed by atoms with Crippen LogP contribution in [0, 0.1) is 17.2 Å². The van der Waals surface area contributed by atoms with Crippen molar-refractivity contribution in [1.29, 1.82) is 5.26 Å². The number of hydrogen-bond donors (Lipinski definition) is 0. The maximum atomic E-state index is 9.10. The molecule has 3 heteroatoms. The van der Waals surface area contributed by atoms with E-state index in [0.717, 1.165) is 37.2 Å². The van der Waals surface area contributed by atoms with Crippen LogP contribution in [0.15, 0.2) is 24.3 Å². The van der Waals surface area contributed by atoms with Gasteiger partial charge in [-0.3, -0.25) is 0 Å². The van der Waals surface area contributed by atoms with Gasteiger partial charge in [-0.15, -0.1) is 0 Å². The van der Waals surface area contributed by atoms with Crippen LogP contribution in [0.4, 0.5) is 0 Å². The first-order valence-electron chi connectivity index (χ1n) is 6.62. The SMILES string of the molecule is CCOc1ccc(OC2CCCCC2C#N)cc1. The molecule has 0 aliphatic heterocycles. The fourth-order valence-corrected chi connectivity index (χ4v) is 2.34. The monoisotopic (exact) mass is 245 g/mol. The Bertz CT molecular complexity index is 407. The van der Waals surface area contributed by atoms with Crippen molar-refractivity contribution >= 4 is 0 Å². The number of benzene rings is 1. The fourth-order valence-electron chi connectivity index (χ4n) is 2.34. The minimum Gasteiger partial charge on any atom is -0.494 e. The van der Waals surface area contributed by atoms with Gasteiger partial charge in [0.1, 0.15) is 17.6 Å². The van der Waals surface area contributed by atoms with E-state index >= 15 is 0 Å². The molecule has 1 fully saturated rings. The number of nitriles is 1. The van der Waals surface area contributed by atoms with Gasteiger partial charge in [0.2, 0.25) is 0 Å². The predicted molar refractivity (Wildman–Crippen MR) is 69.6 cm³/mol. The molecule has 1 aromatic carbocycles. The molecule has 0 heterocycles. The summed E-state index contributed by atoms with van der Waals surface area (Å²) in [5.74, 6) is 1.71. The minimum absolute atomic E-state index is 0.0327.